The van der Waals surface area contributed by atoms with Gasteiger partial charge in [0, 0.05) is 17.1 Å². The molecule has 0 radical (unpaired) electrons. The Kier molecular flexibility index (Phi) is 3.30. The van der Waals surface area contributed by atoms with Crippen molar-refractivity contribution in [1.82, 2.24) is 4.90 Å². The van der Waals surface area contributed by atoms with Gasteiger partial charge < -0.3 is 5.11 Å². The van der Waals surface area contributed by atoms with Crippen LogP contribution in [-0.2, 0) is 4.79 Å². The molecule has 1 N–H and O–H groups in total. The number of hydrogen-bond acceptors (Lipinski definition) is 2. The van der Waals surface area contributed by atoms with Gasteiger partial charge in [0.2, 0.25) is 0 Å². The fourth-order valence-electron chi connectivity index (χ4n) is 2.25. The largest absolute Gasteiger partial charge is 0.481 e. The van der Waals surface area contributed by atoms with E-state index in [4.69, 9.17) is 5.11 Å². The Morgan fingerprint density at radius 2 is 2.06 bits per heavy atom. The van der Waals surface area contributed by atoms with Crippen molar-refractivity contribution in [2.24, 2.45) is 5.92 Å². The summed E-state index contributed by atoms with van der Waals surface area (Å²) in [4.78, 5) is 13.1. The van der Waals surface area contributed by atoms with Gasteiger partial charge in [-0.25, -0.2) is 0 Å². The minimum atomic E-state index is -0.688. The molecule has 0 unspecified atom stereocenters. The first-order valence-electron chi connectivity index (χ1n) is 5.26. The topological polar surface area (TPSA) is 40.5 Å². The lowest BCUT2D eigenvalue weighted by molar-refractivity contribution is -0.141. The molecule has 1 heterocycles. The van der Waals surface area contributed by atoms with Crippen molar-refractivity contribution in [3.05, 3.63) is 34.3 Å². The number of hydrogen-bond donors (Lipinski definition) is 1. The van der Waals surface area contributed by atoms with Gasteiger partial charge in [-0.1, -0.05) is 28.1 Å². The van der Waals surface area contributed by atoms with E-state index in [2.05, 4.69) is 33.0 Å². The lowest BCUT2D eigenvalue weighted by Crippen LogP contribution is -2.20. The van der Waals surface area contributed by atoms with Crippen molar-refractivity contribution < 1.29 is 9.90 Å². The third-order valence-corrected chi connectivity index (χ3v) is 3.68. The summed E-state index contributed by atoms with van der Waals surface area (Å²) in [5, 5.41) is 9.01. The van der Waals surface area contributed by atoms with Crippen LogP contribution in [0.15, 0.2) is 28.7 Å². The quantitative estimate of drug-likeness (QED) is 0.907. The molecule has 0 aliphatic carbocycles. The molecule has 0 saturated carbocycles. The third-order valence-electron chi connectivity index (χ3n) is 3.15. The standard InChI is InChI=1S/C12H14BrNO2/c1-14-7-9(12(15)16)6-11(14)8-2-4-10(13)5-3-8/h2-5,9,11H,6-7H2,1H3,(H,15,16)/t9-,11-/m1/s1. The van der Waals surface area contributed by atoms with E-state index in [0.29, 0.717) is 13.0 Å². The first kappa shape index (κ1) is 11.6. The van der Waals surface area contributed by atoms with Crippen LogP contribution in [0.4, 0.5) is 0 Å². The number of rotatable bonds is 2. The van der Waals surface area contributed by atoms with Crippen LogP contribution in [0.25, 0.3) is 0 Å². The predicted octanol–water partition coefficient (Wildman–Crippen LogP) is 2.53. The van der Waals surface area contributed by atoms with Gasteiger partial charge >= 0.3 is 5.97 Å². The second-order valence-corrected chi connectivity index (χ2v) is 5.19. The Bertz CT molecular complexity index is 391. The molecule has 1 aromatic rings. The predicted molar refractivity (Wildman–Crippen MR) is 65.3 cm³/mol. The molecule has 4 heteroatoms. The zero-order chi connectivity index (χ0) is 11.7. The highest BCUT2D eigenvalue weighted by Gasteiger charge is 2.34. The number of nitrogens with zero attached hydrogens (tertiary/aromatic N) is 1. The van der Waals surface area contributed by atoms with Gasteiger partial charge in [-0.15, -0.1) is 0 Å². The molecule has 1 aliphatic heterocycles. The van der Waals surface area contributed by atoms with Crippen LogP contribution in [0.2, 0.25) is 0 Å². The molecule has 1 saturated heterocycles. The van der Waals surface area contributed by atoms with Crippen LogP contribution in [-0.4, -0.2) is 29.6 Å². The number of carboxylic acids is 1. The third kappa shape index (κ3) is 2.28. The summed E-state index contributed by atoms with van der Waals surface area (Å²) in [6.45, 7) is 0.635. The summed E-state index contributed by atoms with van der Waals surface area (Å²) in [6.07, 6.45) is 0.702. The maximum absolute atomic E-state index is 10.9. The Labute approximate surface area is 103 Å². The number of carboxylic acid groups (broad SMARTS) is 1. The van der Waals surface area contributed by atoms with Gasteiger partial charge in [0.15, 0.2) is 0 Å². The summed E-state index contributed by atoms with van der Waals surface area (Å²) < 4.78 is 1.05. The van der Waals surface area contributed by atoms with Crippen molar-refractivity contribution in [3.8, 4) is 0 Å². The molecule has 0 bridgehead atoms. The Morgan fingerprint density at radius 1 is 1.44 bits per heavy atom. The average molecular weight is 284 g/mol. The van der Waals surface area contributed by atoms with Crippen LogP contribution in [0.3, 0.4) is 0 Å². The number of benzene rings is 1. The van der Waals surface area contributed by atoms with E-state index in [1.54, 1.807) is 0 Å². The van der Waals surface area contributed by atoms with Crippen molar-refractivity contribution >= 4 is 21.9 Å². The molecule has 2 rings (SSSR count). The highest BCUT2D eigenvalue weighted by Crippen LogP contribution is 2.34. The van der Waals surface area contributed by atoms with Crippen LogP contribution >= 0.6 is 15.9 Å². The van der Waals surface area contributed by atoms with Crippen LogP contribution in [0.1, 0.15) is 18.0 Å². The zero-order valence-corrected chi connectivity index (χ0v) is 10.6. The molecule has 2 atom stereocenters. The molecule has 0 spiro atoms. The van der Waals surface area contributed by atoms with E-state index < -0.39 is 5.97 Å². The molecular weight excluding hydrogens is 270 g/mol. The van der Waals surface area contributed by atoms with Gasteiger partial charge in [-0.05, 0) is 31.2 Å². The van der Waals surface area contributed by atoms with Crippen molar-refractivity contribution in [3.63, 3.8) is 0 Å². The van der Waals surface area contributed by atoms with Crippen LogP contribution in [0.5, 0.6) is 0 Å². The van der Waals surface area contributed by atoms with Gasteiger partial charge in [-0.2, -0.15) is 0 Å². The lowest BCUT2D eigenvalue weighted by Gasteiger charge is -2.19. The highest BCUT2D eigenvalue weighted by molar-refractivity contribution is 9.10. The summed E-state index contributed by atoms with van der Waals surface area (Å²) in [6, 6.07) is 8.33. The molecule has 0 amide bonds. The number of aliphatic carboxylic acids is 1. The zero-order valence-electron chi connectivity index (χ0n) is 9.06. The first-order chi connectivity index (χ1) is 7.58. The van der Waals surface area contributed by atoms with E-state index in [1.807, 2.05) is 19.2 Å². The van der Waals surface area contributed by atoms with E-state index in [1.165, 1.54) is 5.56 Å². The van der Waals surface area contributed by atoms with Gasteiger partial charge in [0.25, 0.3) is 0 Å². The van der Waals surface area contributed by atoms with Crippen molar-refractivity contribution in [2.75, 3.05) is 13.6 Å². The Morgan fingerprint density at radius 3 is 2.56 bits per heavy atom. The van der Waals surface area contributed by atoms with E-state index >= 15 is 0 Å². The maximum atomic E-state index is 10.9. The fourth-order valence-corrected chi connectivity index (χ4v) is 2.52. The number of carbonyl (C=O) groups is 1. The molecule has 86 valence electrons. The number of halogens is 1. The molecule has 1 aromatic carbocycles. The van der Waals surface area contributed by atoms with E-state index in [9.17, 15) is 4.79 Å². The molecule has 0 aromatic heterocycles. The maximum Gasteiger partial charge on any atom is 0.307 e. The van der Waals surface area contributed by atoms with Gasteiger partial charge in [0.1, 0.15) is 0 Å². The number of likely N-dealkylation sites (tertiary alicyclic amines) is 1. The minimum Gasteiger partial charge on any atom is -0.481 e. The summed E-state index contributed by atoms with van der Waals surface area (Å²) in [5.41, 5.74) is 1.19. The molecule has 1 aliphatic rings. The lowest BCUT2D eigenvalue weighted by atomic mass is 10.0. The van der Waals surface area contributed by atoms with E-state index in [-0.39, 0.29) is 12.0 Å². The second kappa shape index (κ2) is 4.55. The van der Waals surface area contributed by atoms with Crippen molar-refractivity contribution in [2.45, 2.75) is 12.5 Å². The summed E-state index contributed by atoms with van der Waals surface area (Å²) >= 11 is 3.40. The minimum absolute atomic E-state index is 0.231. The Hall–Kier alpha value is -0.870. The summed E-state index contributed by atoms with van der Waals surface area (Å²) in [7, 11) is 1.98. The van der Waals surface area contributed by atoms with Crippen LogP contribution in [0, 0.1) is 5.92 Å². The van der Waals surface area contributed by atoms with Crippen molar-refractivity contribution in [1.29, 1.82) is 0 Å². The monoisotopic (exact) mass is 283 g/mol. The molecular formula is C12H14BrNO2. The average Bonchev–Trinajstić information content (AvgIpc) is 2.62. The smallest absolute Gasteiger partial charge is 0.307 e. The SMILES string of the molecule is CN1C[C@H](C(=O)O)C[C@@H]1c1ccc(Br)cc1. The fraction of sp³-hybridized carbons (Fsp3) is 0.417. The molecule has 16 heavy (non-hydrogen) atoms. The van der Waals surface area contributed by atoms with Crippen LogP contribution < -0.4 is 0 Å². The van der Waals surface area contributed by atoms with Gasteiger partial charge in [0.05, 0.1) is 5.92 Å². The van der Waals surface area contributed by atoms with Gasteiger partial charge in [-0.3, -0.25) is 9.69 Å². The Balaban J connectivity index is 2.16. The van der Waals surface area contributed by atoms with E-state index in [0.717, 1.165) is 4.47 Å². The highest BCUT2D eigenvalue weighted by atomic mass is 79.9. The normalized spacial score (nSPS) is 25.9. The second-order valence-electron chi connectivity index (χ2n) is 4.28. The molecule has 1 fully saturated rings. The summed E-state index contributed by atoms with van der Waals surface area (Å²) in [5.74, 6) is -0.926. The molecule has 3 nitrogen and oxygen atoms in total. The first-order valence-corrected chi connectivity index (χ1v) is 6.05.